The Morgan fingerprint density at radius 1 is 1.08 bits per heavy atom. The van der Waals surface area contributed by atoms with Gasteiger partial charge in [0.05, 0.1) is 16.3 Å². The van der Waals surface area contributed by atoms with Gasteiger partial charge in [0.1, 0.15) is 31.6 Å². The fraction of sp³-hybridized carbons (Fsp3) is 0.118. The minimum atomic E-state index is -0.434. The molecule has 0 bridgehead atoms. The van der Waals surface area contributed by atoms with E-state index in [2.05, 4.69) is 10.1 Å². The van der Waals surface area contributed by atoms with E-state index in [1.165, 1.54) is 6.33 Å². The maximum atomic E-state index is 12.0. The van der Waals surface area contributed by atoms with Crippen LogP contribution in [0, 0.1) is 0 Å². The lowest BCUT2D eigenvalue weighted by Crippen LogP contribution is -2.12. The molecule has 0 radical (unpaired) electrons. The van der Waals surface area contributed by atoms with Gasteiger partial charge in [-0.25, -0.2) is 14.5 Å². The zero-order chi connectivity index (χ0) is 17.6. The summed E-state index contributed by atoms with van der Waals surface area (Å²) < 4.78 is 12.2. The van der Waals surface area contributed by atoms with E-state index in [9.17, 15) is 4.79 Å². The molecule has 0 aliphatic heterocycles. The number of carbonyl (C=O) groups is 1. The first-order chi connectivity index (χ1) is 12.1. The van der Waals surface area contributed by atoms with Crippen LogP contribution in [-0.4, -0.2) is 33.9 Å². The average molecular weight is 378 g/mol. The van der Waals surface area contributed by atoms with Gasteiger partial charge in [0.25, 0.3) is 0 Å². The standard InChI is InChI=1S/C17H13Cl2N3O3/c18-13-3-6-16(15(19)9-13)24-7-8-25-17(23)12-1-4-14(5-2-12)22-11-20-10-21-22/h1-6,9-11H,7-8H2. The van der Waals surface area contributed by atoms with E-state index < -0.39 is 5.97 Å². The number of rotatable bonds is 6. The van der Waals surface area contributed by atoms with Gasteiger partial charge in [-0.3, -0.25) is 0 Å². The predicted molar refractivity (Wildman–Crippen MR) is 93.6 cm³/mol. The smallest absolute Gasteiger partial charge is 0.338 e. The monoisotopic (exact) mass is 377 g/mol. The minimum Gasteiger partial charge on any atom is -0.488 e. The predicted octanol–water partition coefficient (Wildman–Crippen LogP) is 3.81. The molecule has 0 amide bonds. The van der Waals surface area contributed by atoms with Crippen molar-refractivity contribution in [3.8, 4) is 11.4 Å². The molecular weight excluding hydrogens is 365 g/mol. The molecule has 3 aromatic rings. The number of nitrogens with zero attached hydrogens (tertiary/aromatic N) is 3. The van der Waals surface area contributed by atoms with Crippen molar-refractivity contribution >= 4 is 29.2 Å². The van der Waals surface area contributed by atoms with E-state index in [1.807, 2.05) is 0 Å². The molecule has 1 aromatic heterocycles. The lowest BCUT2D eigenvalue weighted by molar-refractivity contribution is 0.0450. The second-order valence-electron chi connectivity index (χ2n) is 4.95. The van der Waals surface area contributed by atoms with Crippen LogP contribution in [0.3, 0.4) is 0 Å². The molecule has 0 N–H and O–H groups in total. The van der Waals surface area contributed by atoms with Crippen LogP contribution in [-0.2, 0) is 4.74 Å². The number of esters is 1. The Bertz CT molecular complexity index is 852. The van der Waals surface area contributed by atoms with Crippen molar-refractivity contribution in [3.63, 3.8) is 0 Å². The van der Waals surface area contributed by atoms with E-state index >= 15 is 0 Å². The van der Waals surface area contributed by atoms with Crippen LogP contribution in [0.25, 0.3) is 5.69 Å². The van der Waals surface area contributed by atoms with E-state index in [1.54, 1.807) is 53.5 Å². The van der Waals surface area contributed by atoms with Gasteiger partial charge in [-0.15, -0.1) is 0 Å². The lowest BCUT2D eigenvalue weighted by Gasteiger charge is -2.09. The highest BCUT2D eigenvalue weighted by Gasteiger charge is 2.08. The first kappa shape index (κ1) is 17.3. The minimum absolute atomic E-state index is 0.0998. The fourth-order valence-corrected chi connectivity index (χ4v) is 2.52. The number of ether oxygens (including phenoxy) is 2. The molecule has 2 aromatic carbocycles. The van der Waals surface area contributed by atoms with Crippen LogP contribution in [0.2, 0.25) is 10.0 Å². The van der Waals surface area contributed by atoms with Crippen LogP contribution in [0.4, 0.5) is 0 Å². The highest BCUT2D eigenvalue weighted by atomic mass is 35.5. The number of carbonyl (C=O) groups excluding carboxylic acids is 1. The van der Waals surface area contributed by atoms with Gasteiger partial charge in [0, 0.05) is 5.02 Å². The zero-order valence-electron chi connectivity index (χ0n) is 12.9. The largest absolute Gasteiger partial charge is 0.488 e. The Morgan fingerprint density at radius 2 is 1.88 bits per heavy atom. The number of aromatic nitrogens is 3. The molecule has 3 rings (SSSR count). The number of hydrogen-bond donors (Lipinski definition) is 0. The van der Waals surface area contributed by atoms with E-state index in [0.29, 0.717) is 21.4 Å². The summed E-state index contributed by atoms with van der Waals surface area (Å²) >= 11 is 11.8. The Hall–Kier alpha value is -2.57. The molecule has 0 atom stereocenters. The van der Waals surface area contributed by atoms with Crippen molar-refractivity contribution in [1.82, 2.24) is 14.8 Å². The summed E-state index contributed by atoms with van der Waals surface area (Å²) in [5, 5.41) is 4.95. The van der Waals surface area contributed by atoms with Crippen molar-refractivity contribution in [1.29, 1.82) is 0 Å². The third-order valence-corrected chi connectivity index (χ3v) is 3.78. The summed E-state index contributed by atoms with van der Waals surface area (Å²) in [6.45, 7) is 0.284. The fourth-order valence-electron chi connectivity index (χ4n) is 2.05. The molecule has 0 aliphatic rings. The Morgan fingerprint density at radius 3 is 2.56 bits per heavy atom. The molecule has 0 spiro atoms. The molecule has 128 valence electrons. The van der Waals surface area contributed by atoms with Crippen LogP contribution in [0.1, 0.15) is 10.4 Å². The maximum Gasteiger partial charge on any atom is 0.338 e. The van der Waals surface area contributed by atoms with E-state index in [-0.39, 0.29) is 13.2 Å². The second kappa shape index (κ2) is 8.00. The average Bonchev–Trinajstić information content (AvgIpc) is 3.15. The molecule has 1 heterocycles. The van der Waals surface area contributed by atoms with Gasteiger partial charge < -0.3 is 9.47 Å². The first-order valence-corrected chi connectivity index (χ1v) is 8.09. The molecule has 0 unspecified atom stereocenters. The third kappa shape index (κ3) is 4.49. The van der Waals surface area contributed by atoms with Crippen molar-refractivity contribution < 1.29 is 14.3 Å². The normalized spacial score (nSPS) is 10.5. The van der Waals surface area contributed by atoms with Gasteiger partial charge in [0.2, 0.25) is 0 Å². The van der Waals surface area contributed by atoms with Crippen LogP contribution < -0.4 is 4.74 Å². The Labute approximate surface area is 153 Å². The summed E-state index contributed by atoms with van der Waals surface area (Å²) in [4.78, 5) is 15.9. The molecule has 0 fully saturated rings. The molecule has 0 saturated heterocycles. The molecule has 0 saturated carbocycles. The molecule has 25 heavy (non-hydrogen) atoms. The van der Waals surface area contributed by atoms with Crippen molar-refractivity contribution in [2.45, 2.75) is 0 Å². The molecule has 6 nitrogen and oxygen atoms in total. The summed E-state index contributed by atoms with van der Waals surface area (Å²) in [7, 11) is 0. The molecule has 0 aliphatic carbocycles. The number of hydrogen-bond acceptors (Lipinski definition) is 5. The van der Waals surface area contributed by atoms with Gasteiger partial charge in [-0.05, 0) is 42.5 Å². The van der Waals surface area contributed by atoms with Crippen molar-refractivity contribution in [2.24, 2.45) is 0 Å². The van der Waals surface area contributed by atoms with Crippen LogP contribution in [0.15, 0.2) is 55.1 Å². The van der Waals surface area contributed by atoms with Crippen LogP contribution in [0.5, 0.6) is 5.75 Å². The van der Waals surface area contributed by atoms with Gasteiger partial charge in [-0.1, -0.05) is 23.2 Å². The highest BCUT2D eigenvalue weighted by molar-refractivity contribution is 6.35. The third-order valence-electron chi connectivity index (χ3n) is 3.25. The Balaban J connectivity index is 1.49. The first-order valence-electron chi connectivity index (χ1n) is 7.33. The number of halogens is 2. The maximum absolute atomic E-state index is 12.0. The topological polar surface area (TPSA) is 66.2 Å². The van der Waals surface area contributed by atoms with Crippen LogP contribution >= 0.6 is 23.2 Å². The van der Waals surface area contributed by atoms with Crippen molar-refractivity contribution in [2.75, 3.05) is 13.2 Å². The SMILES string of the molecule is O=C(OCCOc1ccc(Cl)cc1Cl)c1ccc(-n2cncn2)cc1. The summed E-state index contributed by atoms with van der Waals surface area (Å²) in [6.07, 6.45) is 3.02. The summed E-state index contributed by atoms with van der Waals surface area (Å²) in [5.41, 5.74) is 1.24. The van der Waals surface area contributed by atoms with Crippen molar-refractivity contribution in [3.05, 3.63) is 70.7 Å². The summed E-state index contributed by atoms with van der Waals surface area (Å²) in [5.74, 6) is 0.0512. The zero-order valence-corrected chi connectivity index (χ0v) is 14.4. The lowest BCUT2D eigenvalue weighted by atomic mass is 10.2. The second-order valence-corrected chi connectivity index (χ2v) is 5.79. The summed E-state index contributed by atoms with van der Waals surface area (Å²) in [6, 6.07) is 11.8. The van der Waals surface area contributed by atoms with Gasteiger partial charge in [0.15, 0.2) is 0 Å². The highest BCUT2D eigenvalue weighted by Crippen LogP contribution is 2.27. The number of benzene rings is 2. The molecule has 8 heteroatoms. The van der Waals surface area contributed by atoms with Gasteiger partial charge >= 0.3 is 5.97 Å². The van der Waals surface area contributed by atoms with Gasteiger partial charge in [-0.2, -0.15) is 5.10 Å². The van der Waals surface area contributed by atoms with E-state index in [4.69, 9.17) is 32.7 Å². The molecular formula is C17H13Cl2N3O3. The Kier molecular flexibility index (Phi) is 5.53. The quantitative estimate of drug-likeness (QED) is 0.482. The van der Waals surface area contributed by atoms with E-state index in [0.717, 1.165) is 5.69 Å².